The second-order valence-electron chi connectivity index (χ2n) is 5.30. The SMILES string of the molecule is O=C(CCC1CCNCC1)N1CCCC1CO. The Labute approximate surface area is 103 Å². The van der Waals surface area contributed by atoms with Crippen molar-refractivity contribution in [2.24, 2.45) is 5.92 Å². The van der Waals surface area contributed by atoms with Crippen molar-refractivity contribution in [3.63, 3.8) is 0 Å². The number of nitrogens with one attached hydrogen (secondary N) is 1. The molecule has 4 nitrogen and oxygen atoms in total. The minimum absolute atomic E-state index is 0.0931. The molecule has 2 saturated heterocycles. The van der Waals surface area contributed by atoms with Crippen LogP contribution in [0.4, 0.5) is 0 Å². The number of hydrogen-bond acceptors (Lipinski definition) is 3. The van der Waals surface area contributed by atoms with Crippen LogP contribution in [0.5, 0.6) is 0 Å². The summed E-state index contributed by atoms with van der Waals surface area (Å²) in [5.74, 6) is 0.968. The Morgan fingerprint density at radius 2 is 2.06 bits per heavy atom. The van der Waals surface area contributed by atoms with E-state index in [-0.39, 0.29) is 18.6 Å². The second kappa shape index (κ2) is 6.36. The lowest BCUT2D eigenvalue weighted by molar-refractivity contribution is -0.133. The maximum Gasteiger partial charge on any atom is 0.222 e. The third kappa shape index (κ3) is 3.42. The zero-order valence-corrected chi connectivity index (χ0v) is 10.5. The molecule has 2 N–H and O–H groups in total. The number of aliphatic hydroxyl groups is 1. The van der Waals surface area contributed by atoms with E-state index in [1.807, 2.05) is 4.90 Å². The molecule has 1 amide bonds. The lowest BCUT2D eigenvalue weighted by Gasteiger charge is -2.26. The van der Waals surface area contributed by atoms with Gasteiger partial charge in [-0.05, 0) is 51.1 Å². The monoisotopic (exact) mass is 240 g/mol. The summed E-state index contributed by atoms with van der Waals surface area (Å²) in [4.78, 5) is 13.9. The molecule has 2 aliphatic heterocycles. The summed E-state index contributed by atoms with van der Waals surface area (Å²) in [6.45, 7) is 3.17. The number of aliphatic hydroxyl groups excluding tert-OH is 1. The standard InChI is InChI=1S/C13H24N2O2/c16-10-12-2-1-9-15(12)13(17)4-3-11-5-7-14-8-6-11/h11-12,14,16H,1-10H2. The van der Waals surface area contributed by atoms with E-state index >= 15 is 0 Å². The van der Waals surface area contributed by atoms with Crippen molar-refractivity contribution in [1.82, 2.24) is 10.2 Å². The predicted molar refractivity (Wildman–Crippen MR) is 66.6 cm³/mol. The third-order valence-electron chi connectivity index (χ3n) is 4.13. The highest BCUT2D eigenvalue weighted by atomic mass is 16.3. The molecule has 2 rings (SSSR count). The van der Waals surface area contributed by atoms with Gasteiger partial charge in [0.15, 0.2) is 0 Å². The van der Waals surface area contributed by atoms with Gasteiger partial charge in [0.05, 0.1) is 12.6 Å². The number of hydrogen-bond donors (Lipinski definition) is 2. The number of nitrogens with zero attached hydrogens (tertiary/aromatic N) is 1. The number of likely N-dealkylation sites (tertiary alicyclic amines) is 1. The fourth-order valence-electron chi connectivity index (χ4n) is 3.00. The Balaban J connectivity index is 1.72. The molecule has 1 unspecified atom stereocenters. The molecule has 0 spiro atoms. The maximum atomic E-state index is 12.1. The van der Waals surface area contributed by atoms with Crippen LogP contribution < -0.4 is 5.32 Å². The first-order valence-electron chi connectivity index (χ1n) is 6.92. The zero-order chi connectivity index (χ0) is 12.1. The first-order chi connectivity index (χ1) is 8.31. The molecule has 17 heavy (non-hydrogen) atoms. The first-order valence-corrected chi connectivity index (χ1v) is 6.92. The van der Waals surface area contributed by atoms with E-state index in [0.717, 1.165) is 44.8 Å². The summed E-state index contributed by atoms with van der Waals surface area (Å²) >= 11 is 0. The van der Waals surface area contributed by atoms with Crippen molar-refractivity contribution in [1.29, 1.82) is 0 Å². The molecule has 0 saturated carbocycles. The van der Waals surface area contributed by atoms with E-state index in [0.29, 0.717) is 6.42 Å². The molecule has 2 heterocycles. The summed E-state index contributed by atoms with van der Waals surface area (Å²) in [5, 5.41) is 12.5. The van der Waals surface area contributed by atoms with Gasteiger partial charge in [0.1, 0.15) is 0 Å². The molecule has 2 aliphatic rings. The van der Waals surface area contributed by atoms with E-state index in [2.05, 4.69) is 5.32 Å². The van der Waals surface area contributed by atoms with Crippen LogP contribution in [0.2, 0.25) is 0 Å². The molecule has 0 aromatic carbocycles. The van der Waals surface area contributed by atoms with Gasteiger partial charge >= 0.3 is 0 Å². The molecule has 0 bridgehead atoms. The molecule has 0 aromatic rings. The Morgan fingerprint density at radius 1 is 1.29 bits per heavy atom. The summed E-state index contributed by atoms with van der Waals surface area (Å²) in [5.41, 5.74) is 0. The number of carbonyl (C=O) groups is 1. The lowest BCUT2D eigenvalue weighted by Crippen LogP contribution is -2.38. The van der Waals surface area contributed by atoms with Crippen LogP contribution in [0.15, 0.2) is 0 Å². The number of carbonyl (C=O) groups excluding carboxylic acids is 1. The van der Waals surface area contributed by atoms with Crippen molar-refractivity contribution >= 4 is 5.91 Å². The molecular formula is C13H24N2O2. The summed E-state index contributed by atoms with van der Waals surface area (Å²) < 4.78 is 0. The first kappa shape index (κ1) is 12.8. The average molecular weight is 240 g/mol. The summed E-state index contributed by atoms with van der Waals surface area (Å²) in [7, 11) is 0. The van der Waals surface area contributed by atoms with Gasteiger partial charge in [-0.25, -0.2) is 0 Å². The normalized spacial score (nSPS) is 26.4. The van der Waals surface area contributed by atoms with Crippen LogP contribution in [0.1, 0.15) is 38.5 Å². The molecule has 0 aliphatic carbocycles. The molecule has 0 aromatic heterocycles. The second-order valence-corrected chi connectivity index (χ2v) is 5.30. The van der Waals surface area contributed by atoms with Gasteiger partial charge in [-0.2, -0.15) is 0 Å². The van der Waals surface area contributed by atoms with Crippen LogP contribution in [-0.2, 0) is 4.79 Å². The van der Waals surface area contributed by atoms with Crippen molar-refractivity contribution in [2.75, 3.05) is 26.2 Å². The topological polar surface area (TPSA) is 52.6 Å². The Hall–Kier alpha value is -0.610. The van der Waals surface area contributed by atoms with Gasteiger partial charge in [0, 0.05) is 13.0 Å². The minimum atomic E-state index is 0.0931. The summed E-state index contributed by atoms with van der Waals surface area (Å²) in [6, 6.07) is 0.0931. The van der Waals surface area contributed by atoms with E-state index in [1.165, 1.54) is 12.8 Å². The molecule has 2 fully saturated rings. The molecular weight excluding hydrogens is 216 g/mol. The maximum absolute atomic E-state index is 12.1. The molecule has 98 valence electrons. The van der Waals surface area contributed by atoms with Gasteiger partial charge in [-0.1, -0.05) is 0 Å². The number of rotatable bonds is 4. The predicted octanol–water partition coefficient (Wildman–Crippen LogP) is 0.749. The quantitative estimate of drug-likeness (QED) is 0.762. The van der Waals surface area contributed by atoms with E-state index in [4.69, 9.17) is 0 Å². The van der Waals surface area contributed by atoms with Crippen molar-refractivity contribution in [2.45, 2.75) is 44.6 Å². The van der Waals surface area contributed by atoms with E-state index < -0.39 is 0 Å². The van der Waals surface area contributed by atoms with Gasteiger partial charge in [-0.3, -0.25) is 4.79 Å². The van der Waals surface area contributed by atoms with E-state index in [1.54, 1.807) is 0 Å². The molecule has 0 radical (unpaired) electrons. The number of amides is 1. The largest absolute Gasteiger partial charge is 0.394 e. The average Bonchev–Trinajstić information content (AvgIpc) is 2.85. The van der Waals surface area contributed by atoms with Crippen LogP contribution in [0.3, 0.4) is 0 Å². The smallest absolute Gasteiger partial charge is 0.222 e. The zero-order valence-electron chi connectivity index (χ0n) is 10.5. The van der Waals surface area contributed by atoms with Gasteiger partial charge in [0.25, 0.3) is 0 Å². The van der Waals surface area contributed by atoms with Gasteiger partial charge in [0.2, 0.25) is 5.91 Å². The van der Waals surface area contributed by atoms with Crippen LogP contribution >= 0.6 is 0 Å². The highest BCUT2D eigenvalue weighted by Crippen LogP contribution is 2.22. The summed E-state index contributed by atoms with van der Waals surface area (Å²) in [6.07, 6.45) is 6.11. The fraction of sp³-hybridized carbons (Fsp3) is 0.923. The van der Waals surface area contributed by atoms with Crippen molar-refractivity contribution in [3.05, 3.63) is 0 Å². The van der Waals surface area contributed by atoms with Crippen LogP contribution in [0.25, 0.3) is 0 Å². The van der Waals surface area contributed by atoms with Crippen LogP contribution in [-0.4, -0.2) is 48.2 Å². The van der Waals surface area contributed by atoms with Gasteiger partial charge < -0.3 is 15.3 Å². The number of piperidine rings is 1. The Bertz CT molecular complexity index is 252. The van der Waals surface area contributed by atoms with Crippen molar-refractivity contribution < 1.29 is 9.90 Å². The Morgan fingerprint density at radius 3 is 2.76 bits per heavy atom. The van der Waals surface area contributed by atoms with E-state index in [9.17, 15) is 9.90 Å². The minimum Gasteiger partial charge on any atom is -0.394 e. The highest BCUT2D eigenvalue weighted by molar-refractivity contribution is 5.76. The fourth-order valence-corrected chi connectivity index (χ4v) is 3.00. The van der Waals surface area contributed by atoms with Crippen molar-refractivity contribution in [3.8, 4) is 0 Å². The lowest BCUT2D eigenvalue weighted by atomic mass is 9.93. The molecule has 4 heteroatoms. The third-order valence-corrected chi connectivity index (χ3v) is 4.13. The Kier molecular flexibility index (Phi) is 4.80. The molecule has 1 atom stereocenters. The highest BCUT2D eigenvalue weighted by Gasteiger charge is 2.28. The van der Waals surface area contributed by atoms with Gasteiger partial charge in [-0.15, -0.1) is 0 Å². The van der Waals surface area contributed by atoms with Crippen LogP contribution in [0, 0.1) is 5.92 Å².